The van der Waals surface area contributed by atoms with E-state index in [2.05, 4.69) is 5.32 Å². The van der Waals surface area contributed by atoms with Crippen LogP contribution in [0.2, 0.25) is 0 Å². The Labute approximate surface area is 134 Å². The maximum atomic E-state index is 11.9. The van der Waals surface area contributed by atoms with Crippen molar-refractivity contribution in [1.29, 1.82) is 0 Å². The summed E-state index contributed by atoms with van der Waals surface area (Å²) in [6.07, 6.45) is 0. The molecule has 0 bridgehead atoms. The first kappa shape index (κ1) is 16.5. The standard InChI is InChI=1S/C15H16N2O3S2/c1-11-5-7-13(8-6-11)21-10-15(18)17-12-3-2-4-14(9-12)22(16,19)20/h2-9H,10H2,1H3,(H,17,18)(H2,16,19,20). The van der Waals surface area contributed by atoms with Crippen molar-refractivity contribution in [1.82, 2.24) is 0 Å². The molecule has 1 amide bonds. The smallest absolute Gasteiger partial charge is 0.238 e. The van der Waals surface area contributed by atoms with E-state index in [1.165, 1.54) is 30.0 Å². The number of carbonyl (C=O) groups is 1. The number of carbonyl (C=O) groups excluding carboxylic acids is 1. The number of primary sulfonamides is 1. The zero-order chi connectivity index (χ0) is 16.2. The molecule has 22 heavy (non-hydrogen) atoms. The Morgan fingerprint density at radius 2 is 1.86 bits per heavy atom. The van der Waals surface area contributed by atoms with Crippen molar-refractivity contribution in [2.24, 2.45) is 5.14 Å². The third-order valence-electron chi connectivity index (χ3n) is 2.84. The molecule has 0 atom stereocenters. The number of nitrogens with two attached hydrogens (primary N) is 1. The molecule has 116 valence electrons. The molecule has 2 aromatic carbocycles. The minimum absolute atomic E-state index is 0.0310. The van der Waals surface area contributed by atoms with Crippen molar-refractivity contribution >= 4 is 33.4 Å². The fourth-order valence-electron chi connectivity index (χ4n) is 1.73. The summed E-state index contributed by atoms with van der Waals surface area (Å²) in [5.74, 6) is 0.0278. The van der Waals surface area contributed by atoms with Gasteiger partial charge in [0.15, 0.2) is 0 Å². The van der Waals surface area contributed by atoms with Gasteiger partial charge in [0, 0.05) is 10.6 Å². The molecule has 0 saturated heterocycles. The summed E-state index contributed by atoms with van der Waals surface area (Å²) in [6.45, 7) is 2.00. The fourth-order valence-corrected chi connectivity index (χ4v) is 2.99. The van der Waals surface area contributed by atoms with Gasteiger partial charge in [-0.05, 0) is 37.3 Å². The van der Waals surface area contributed by atoms with Crippen LogP contribution in [-0.2, 0) is 14.8 Å². The average Bonchev–Trinajstić information content (AvgIpc) is 2.46. The van der Waals surface area contributed by atoms with Crippen LogP contribution < -0.4 is 10.5 Å². The minimum atomic E-state index is -3.78. The molecule has 0 radical (unpaired) electrons. The second kappa shape index (κ2) is 6.95. The predicted molar refractivity (Wildman–Crippen MR) is 88.3 cm³/mol. The van der Waals surface area contributed by atoms with Gasteiger partial charge in [0.25, 0.3) is 0 Å². The van der Waals surface area contributed by atoms with Gasteiger partial charge >= 0.3 is 0 Å². The normalized spacial score (nSPS) is 11.2. The highest BCUT2D eigenvalue weighted by molar-refractivity contribution is 8.00. The number of nitrogens with one attached hydrogen (secondary N) is 1. The third kappa shape index (κ3) is 4.87. The Morgan fingerprint density at radius 3 is 2.50 bits per heavy atom. The van der Waals surface area contributed by atoms with E-state index in [0.29, 0.717) is 5.69 Å². The number of rotatable bonds is 5. The lowest BCUT2D eigenvalue weighted by molar-refractivity contribution is -0.113. The van der Waals surface area contributed by atoms with E-state index in [4.69, 9.17) is 5.14 Å². The number of sulfonamides is 1. The van der Waals surface area contributed by atoms with E-state index in [1.807, 2.05) is 31.2 Å². The summed E-state index contributed by atoms with van der Waals surface area (Å²) >= 11 is 1.41. The van der Waals surface area contributed by atoms with E-state index < -0.39 is 10.0 Å². The molecule has 2 rings (SSSR count). The van der Waals surface area contributed by atoms with Gasteiger partial charge in [-0.25, -0.2) is 13.6 Å². The number of benzene rings is 2. The molecule has 2 aromatic rings. The van der Waals surface area contributed by atoms with E-state index in [9.17, 15) is 13.2 Å². The minimum Gasteiger partial charge on any atom is -0.325 e. The van der Waals surface area contributed by atoms with Gasteiger partial charge in [-0.15, -0.1) is 11.8 Å². The quantitative estimate of drug-likeness (QED) is 0.820. The van der Waals surface area contributed by atoms with Gasteiger partial charge in [0.05, 0.1) is 10.6 Å². The predicted octanol–water partition coefficient (Wildman–Crippen LogP) is 2.37. The lowest BCUT2D eigenvalue weighted by Gasteiger charge is -2.07. The van der Waals surface area contributed by atoms with Crippen molar-refractivity contribution in [2.45, 2.75) is 16.7 Å². The monoisotopic (exact) mass is 336 g/mol. The fraction of sp³-hybridized carbons (Fsp3) is 0.133. The van der Waals surface area contributed by atoms with E-state index in [1.54, 1.807) is 6.07 Å². The van der Waals surface area contributed by atoms with Gasteiger partial charge in [-0.2, -0.15) is 0 Å². The molecule has 0 heterocycles. The van der Waals surface area contributed by atoms with Gasteiger partial charge in [-0.3, -0.25) is 4.79 Å². The second-order valence-corrected chi connectivity index (χ2v) is 7.33. The number of thioether (sulfide) groups is 1. The summed E-state index contributed by atoms with van der Waals surface area (Å²) in [7, 11) is -3.78. The molecule has 0 aliphatic rings. The molecule has 0 unspecified atom stereocenters. The van der Waals surface area contributed by atoms with Gasteiger partial charge in [0.2, 0.25) is 15.9 Å². The Morgan fingerprint density at radius 1 is 1.18 bits per heavy atom. The zero-order valence-corrected chi connectivity index (χ0v) is 13.6. The highest BCUT2D eigenvalue weighted by atomic mass is 32.2. The van der Waals surface area contributed by atoms with Crippen molar-refractivity contribution in [2.75, 3.05) is 11.1 Å². The summed E-state index contributed by atoms with van der Waals surface area (Å²) < 4.78 is 22.5. The Hall–Kier alpha value is -1.83. The molecule has 0 saturated carbocycles. The van der Waals surface area contributed by atoms with E-state index >= 15 is 0 Å². The maximum absolute atomic E-state index is 11.9. The van der Waals surface area contributed by atoms with Crippen LogP contribution in [0.5, 0.6) is 0 Å². The van der Waals surface area contributed by atoms with Gasteiger partial charge in [0.1, 0.15) is 0 Å². The van der Waals surface area contributed by atoms with Crippen LogP contribution in [0.25, 0.3) is 0 Å². The van der Waals surface area contributed by atoms with Crippen molar-refractivity contribution in [3.8, 4) is 0 Å². The number of hydrogen-bond acceptors (Lipinski definition) is 4. The Kier molecular flexibility index (Phi) is 5.23. The molecule has 3 N–H and O–H groups in total. The summed E-state index contributed by atoms with van der Waals surface area (Å²) in [4.78, 5) is 12.9. The van der Waals surface area contributed by atoms with Crippen molar-refractivity contribution in [3.63, 3.8) is 0 Å². The third-order valence-corrected chi connectivity index (χ3v) is 4.76. The topological polar surface area (TPSA) is 89.3 Å². The van der Waals surface area contributed by atoms with Crippen LogP contribution in [-0.4, -0.2) is 20.1 Å². The number of anilines is 1. The first-order valence-electron chi connectivity index (χ1n) is 6.47. The lowest BCUT2D eigenvalue weighted by Crippen LogP contribution is -2.16. The highest BCUT2D eigenvalue weighted by Gasteiger charge is 2.09. The molecule has 7 heteroatoms. The van der Waals surface area contributed by atoms with Crippen LogP contribution >= 0.6 is 11.8 Å². The summed E-state index contributed by atoms with van der Waals surface area (Å²) in [5.41, 5.74) is 1.56. The Balaban J connectivity index is 1.96. The molecule has 5 nitrogen and oxygen atoms in total. The average molecular weight is 336 g/mol. The number of hydrogen-bond donors (Lipinski definition) is 2. The van der Waals surface area contributed by atoms with E-state index in [-0.39, 0.29) is 16.6 Å². The van der Waals surface area contributed by atoms with Crippen LogP contribution in [0.15, 0.2) is 58.3 Å². The van der Waals surface area contributed by atoms with Crippen LogP contribution in [0.1, 0.15) is 5.56 Å². The lowest BCUT2D eigenvalue weighted by atomic mass is 10.2. The Bertz CT molecular complexity index is 772. The maximum Gasteiger partial charge on any atom is 0.238 e. The van der Waals surface area contributed by atoms with Gasteiger partial charge in [-0.1, -0.05) is 23.8 Å². The van der Waals surface area contributed by atoms with Crippen LogP contribution in [0.3, 0.4) is 0 Å². The zero-order valence-electron chi connectivity index (χ0n) is 11.9. The summed E-state index contributed by atoms with van der Waals surface area (Å²) in [5, 5.41) is 7.71. The SMILES string of the molecule is Cc1ccc(SCC(=O)Nc2cccc(S(N)(=O)=O)c2)cc1. The number of aryl methyl sites for hydroxylation is 1. The van der Waals surface area contributed by atoms with E-state index in [0.717, 1.165) is 10.5 Å². The highest BCUT2D eigenvalue weighted by Crippen LogP contribution is 2.19. The molecular weight excluding hydrogens is 320 g/mol. The molecule has 0 aliphatic heterocycles. The molecule has 0 spiro atoms. The molecule has 0 aliphatic carbocycles. The largest absolute Gasteiger partial charge is 0.325 e. The second-order valence-electron chi connectivity index (χ2n) is 4.72. The van der Waals surface area contributed by atoms with Crippen molar-refractivity contribution in [3.05, 3.63) is 54.1 Å². The summed E-state index contributed by atoms with van der Waals surface area (Å²) in [6, 6.07) is 13.7. The van der Waals surface area contributed by atoms with Crippen LogP contribution in [0, 0.1) is 6.92 Å². The number of amides is 1. The van der Waals surface area contributed by atoms with Crippen LogP contribution in [0.4, 0.5) is 5.69 Å². The van der Waals surface area contributed by atoms with Gasteiger partial charge < -0.3 is 5.32 Å². The first-order chi connectivity index (χ1) is 10.3. The molecular formula is C15H16N2O3S2. The first-order valence-corrected chi connectivity index (χ1v) is 9.00. The van der Waals surface area contributed by atoms with Crippen molar-refractivity contribution < 1.29 is 13.2 Å². The molecule has 0 aromatic heterocycles. The molecule has 0 fully saturated rings.